The summed E-state index contributed by atoms with van der Waals surface area (Å²) >= 11 is 0. The highest BCUT2D eigenvalue weighted by atomic mass is 19.1. The van der Waals surface area contributed by atoms with Crippen LogP contribution < -0.4 is 4.74 Å². The number of para-hydroxylation sites is 1. The van der Waals surface area contributed by atoms with Crippen LogP contribution in [0.3, 0.4) is 0 Å². The maximum atomic E-state index is 13.0. The van der Waals surface area contributed by atoms with Crippen molar-refractivity contribution in [2.45, 2.75) is 19.4 Å². The largest absolute Gasteiger partial charge is 0.496 e. The Hall–Kier alpha value is -3.15. The number of methoxy groups -OCH3 is 1. The van der Waals surface area contributed by atoms with Gasteiger partial charge in [0.2, 0.25) is 0 Å². The summed E-state index contributed by atoms with van der Waals surface area (Å²) in [4.78, 5) is 16.1. The molecule has 0 spiro atoms. The molecular weight excluding hydrogens is 337 g/mol. The Labute approximate surface area is 150 Å². The number of ether oxygens (including phenoxy) is 2. The van der Waals surface area contributed by atoms with Crippen molar-refractivity contribution >= 4 is 5.97 Å². The lowest BCUT2D eigenvalue weighted by molar-refractivity contribution is -0.145. The van der Waals surface area contributed by atoms with Crippen LogP contribution in [-0.4, -0.2) is 18.1 Å². The molecule has 5 nitrogen and oxygen atoms in total. The highest BCUT2D eigenvalue weighted by Crippen LogP contribution is 2.21. The van der Waals surface area contributed by atoms with Crippen molar-refractivity contribution in [1.82, 2.24) is 4.98 Å². The smallest absolute Gasteiger partial charge is 0.306 e. The molecule has 2 aromatic carbocycles. The Morgan fingerprint density at radius 2 is 1.92 bits per heavy atom. The van der Waals surface area contributed by atoms with Gasteiger partial charge in [0, 0.05) is 17.5 Å². The van der Waals surface area contributed by atoms with Crippen LogP contribution in [-0.2, 0) is 22.6 Å². The van der Waals surface area contributed by atoms with Gasteiger partial charge in [-0.2, -0.15) is 0 Å². The van der Waals surface area contributed by atoms with E-state index in [4.69, 9.17) is 13.9 Å². The van der Waals surface area contributed by atoms with Gasteiger partial charge < -0.3 is 13.9 Å². The lowest BCUT2D eigenvalue weighted by atomic mass is 10.2. The number of oxazole rings is 1. The SMILES string of the molecule is COc1ccccc1COC(=O)CCc1ncc(-c2ccc(F)cc2)o1. The third-order valence-corrected chi connectivity index (χ3v) is 3.81. The molecule has 3 aromatic rings. The van der Waals surface area contributed by atoms with Crippen LogP contribution in [0.15, 0.2) is 59.1 Å². The van der Waals surface area contributed by atoms with Gasteiger partial charge in [-0.05, 0) is 30.3 Å². The van der Waals surface area contributed by atoms with Crippen LogP contribution in [0, 0.1) is 5.82 Å². The Morgan fingerprint density at radius 1 is 1.15 bits per heavy atom. The van der Waals surface area contributed by atoms with Gasteiger partial charge in [0.15, 0.2) is 11.7 Å². The van der Waals surface area contributed by atoms with Crippen molar-refractivity contribution < 1.29 is 23.1 Å². The van der Waals surface area contributed by atoms with E-state index in [-0.39, 0.29) is 24.8 Å². The van der Waals surface area contributed by atoms with E-state index < -0.39 is 0 Å². The zero-order chi connectivity index (χ0) is 18.4. The minimum absolute atomic E-state index is 0.148. The van der Waals surface area contributed by atoms with Gasteiger partial charge in [0.25, 0.3) is 0 Å². The fraction of sp³-hybridized carbons (Fsp3) is 0.200. The summed E-state index contributed by atoms with van der Waals surface area (Å²) in [5, 5.41) is 0. The van der Waals surface area contributed by atoms with Gasteiger partial charge in [-0.15, -0.1) is 0 Å². The molecule has 0 fully saturated rings. The van der Waals surface area contributed by atoms with E-state index in [1.165, 1.54) is 12.1 Å². The van der Waals surface area contributed by atoms with Crippen LogP contribution in [0.1, 0.15) is 17.9 Å². The fourth-order valence-corrected chi connectivity index (χ4v) is 2.44. The van der Waals surface area contributed by atoms with E-state index in [1.54, 1.807) is 25.4 Å². The standard InChI is InChI=1S/C20H18FNO4/c1-24-17-5-3-2-4-15(17)13-25-20(23)11-10-19-22-12-18(26-19)14-6-8-16(21)9-7-14/h2-9,12H,10-11,13H2,1H3. The van der Waals surface area contributed by atoms with E-state index in [2.05, 4.69) is 4.98 Å². The third kappa shape index (κ3) is 4.47. The minimum Gasteiger partial charge on any atom is -0.496 e. The quantitative estimate of drug-likeness (QED) is 0.596. The molecule has 0 aliphatic rings. The molecule has 134 valence electrons. The van der Waals surface area contributed by atoms with Crippen molar-refractivity contribution in [1.29, 1.82) is 0 Å². The summed E-state index contributed by atoms with van der Waals surface area (Å²) in [7, 11) is 1.57. The fourth-order valence-electron chi connectivity index (χ4n) is 2.44. The van der Waals surface area contributed by atoms with Gasteiger partial charge in [0.1, 0.15) is 18.2 Å². The predicted octanol–water partition coefficient (Wildman–Crippen LogP) is 4.17. The molecule has 0 saturated heterocycles. The number of rotatable bonds is 7. The highest BCUT2D eigenvalue weighted by molar-refractivity contribution is 5.69. The van der Waals surface area contributed by atoms with Gasteiger partial charge in [-0.25, -0.2) is 9.37 Å². The topological polar surface area (TPSA) is 61.6 Å². The third-order valence-electron chi connectivity index (χ3n) is 3.81. The molecule has 0 aliphatic carbocycles. The van der Waals surface area contributed by atoms with E-state index in [9.17, 15) is 9.18 Å². The van der Waals surface area contributed by atoms with E-state index in [0.29, 0.717) is 23.8 Å². The van der Waals surface area contributed by atoms with Crippen LogP contribution in [0.25, 0.3) is 11.3 Å². The maximum absolute atomic E-state index is 13.0. The summed E-state index contributed by atoms with van der Waals surface area (Å²) in [5.74, 6) is 0.974. The molecule has 1 heterocycles. The number of hydrogen-bond donors (Lipinski definition) is 0. The first-order valence-corrected chi connectivity index (χ1v) is 8.14. The molecule has 0 saturated carbocycles. The first-order valence-electron chi connectivity index (χ1n) is 8.14. The monoisotopic (exact) mass is 355 g/mol. The molecule has 0 unspecified atom stereocenters. The average molecular weight is 355 g/mol. The normalized spacial score (nSPS) is 10.5. The summed E-state index contributed by atoms with van der Waals surface area (Å²) in [5.41, 5.74) is 1.53. The molecule has 0 aliphatic heterocycles. The van der Waals surface area contributed by atoms with Crippen LogP contribution in [0.4, 0.5) is 4.39 Å². The number of aryl methyl sites for hydroxylation is 1. The molecule has 6 heteroatoms. The average Bonchev–Trinajstić information content (AvgIpc) is 3.14. The number of halogens is 1. The van der Waals surface area contributed by atoms with Gasteiger partial charge in [-0.3, -0.25) is 4.79 Å². The van der Waals surface area contributed by atoms with Crippen molar-refractivity contribution in [3.63, 3.8) is 0 Å². The molecule has 0 N–H and O–H groups in total. The Balaban J connectivity index is 1.51. The summed E-state index contributed by atoms with van der Waals surface area (Å²) in [6, 6.07) is 13.3. The predicted molar refractivity (Wildman–Crippen MR) is 93.0 cm³/mol. The zero-order valence-corrected chi connectivity index (χ0v) is 14.3. The second kappa shape index (κ2) is 8.29. The molecule has 0 bridgehead atoms. The van der Waals surface area contributed by atoms with Gasteiger partial charge >= 0.3 is 5.97 Å². The Morgan fingerprint density at radius 3 is 2.69 bits per heavy atom. The number of carbonyl (C=O) groups is 1. The van der Waals surface area contributed by atoms with Crippen LogP contribution in [0.5, 0.6) is 5.75 Å². The summed E-state index contributed by atoms with van der Waals surface area (Å²) in [6.07, 6.45) is 2.03. The van der Waals surface area contributed by atoms with Crippen LogP contribution >= 0.6 is 0 Å². The summed E-state index contributed by atoms with van der Waals surface area (Å²) < 4.78 is 29.0. The van der Waals surface area contributed by atoms with Crippen LogP contribution in [0.2, 0.25) is 0 Å². The van der Waals surface area contributed by atoms with E-state index in [0.717, 1.165) is 11.1 Å². The molecule has 0 radical (unpaired) electrons. The maximum Gasteiger partial charge on any atom is 0.306 e. The van der Waals surface area contributed by atoms with Crippen molar-refractivity contribution in [3.05, 3.63) is 72.0 Å². The second-order valence-corrected chi connectivity index (χ2v) is 5.60. The number of aromatic nitrogens is 1. The zero-order valence-electron chi connectivity index (χ0n) is 14.3. The summed E-state index contributed by atoms with van der Waals surface area (Å²) in [6.45, 7) is 0.148. The number of carbonyl (C=O) groups excluding carboxylic acids is 1. The Bertz CT molecular complexity index is 874. The van der Waals surface area contributed by atoms with Crippen molar-refractivity contribution in [2.75, 3.05) is 7.11 Å². The Kier molecular flexibility index (Phi) is 5.63. The van der Waals surface area contributed by atoms with Crippen molar-refractivity contribution in [2.24, 2.45) is 0 Å². The molecule has 1 aromatic heterocycles. The number of nitrogens with zero attached hydrogens (tertiary/aromatic N) is 1. The van der Waals surface area contributed by atoms with Gasteiger partial charge in [-0.1, -0.05) is 18.2 Å². The first-order chi connectivity index (χ1) is 12.7. The van der Waals surface area contributed by atoms with E-state index >= 15 is 0 Å². The lowest BCUT2D eigenvalue weighted by Gasteiger charge is -2.08. The number of esters is 1. The highest BCUT2D eigenvalue weighted by Gasteiger charge is 2.11. The molecular formula is C20H18FNO4. The van der Waals surface area contributed by atoms with Crippen molar-refractivity contribution in [3.8, 4) is 17.1 Å². The number of benzene rings is 2. The lowest BCUT2D eigenvalue weighted by Crippen LogP contribution is -2.06. The van der Waals surface area contributed by atoms with Gasteiger partial charge in [0.05, 0.1) is 19.7 Å². The molecule has 0 amide bonds. The number of hydrogen-bond acceptors (Lipinski definition) is 5. The minimum atomic E-state index is -0.350. The molecule has 0 atom stereocenters. The second-order valence-electron chi connectivity index (χ2n) is 5.60. The molecule has 3 rings (SSSR count). The first kappa shape index (κ1) is 17.7. The molecule has 26 heavy (non-hydrogen) atoms. The van der Waals surface area contributed by atoms with E-state index in [1.807, 2.05) is 24.3 Å².